The second kappa shape index (κ2) is 7.64. The van der Waals surface area contributed by atoms with Crippen molar-refractivity contribution in [3.63, 3.8) is 0 Å². The van der Waals surface area contributed by atoms with Gasteiger partial charge >= 0.3 is 0 Å². The van der Waals surface area contributed by atoms with Crippen LogP contribution in [0.4, 0.5) is 0 Å². The van der Waals surface area contributed by atoms with Gasteiger partial charge in [0, 0.05) is 5.56 Å². The predicted octanol–water partition coefficient (Wildman–Crippen LogP) is 3.94. The highest BCUT2D eigenvalue weighted by Crippen LogP contribution is 2.23. The Morgan fingerprint density at radius 2 is 1.44 bits per heavy atom. The number of Topliss-reactive ketones (excluding diaryl/α,β-unsaturated/α-hetero) is 1. The number of ether oxygens (including phenoxy) is 1. The van der Waals surface area contributed by atoms with Crippen LogP contribution >= 0.6 is 0 Å². The SMILES string of the molecule is N[C@@H](Cc1ccc(Oc2ccc(O)cc2)cc1)C(=O)c1ccccc1. The number of nitrogens with two attached hydrogens (primary N) is 1. The Kier molecular flexibility index (Phi) is 5.11. The summed E-state index contributed by atoms with van der Waals surface area (Å²) in [6.45, 7) is 0. The van der Waals surface area contributed by atoms with Crippen LogP contribution in [-0.4, -0.2) is 16.9 Å². The molecule has 0 aliphatic heterocycles. The molecule has 0 saturated heterocycles. The van der Waals surface area contributed by atoms with Crippen LogP contribution in [0.15, 0.2) is 78.9 Å². The summed E-state index contributed by atoms with van der Waals surface area (Å²) in [5.41, 5.74) is 7.65. The molecule has 3 N–H and O–H groups in total. The first-order valence-electron chi connectivity index (χ1n) is 8.02. The minimum absolute atomic E-state index is 0.0648. The van der Waals surface area contributed by atoms with Gasteiger partial charge in [-0.15, -0.1) is 0 Å². The van der Waals surface area contributed by atoms with Gasteiger partial charge in [-0.25, -0.2) is 0 Å². The Balaban J connectivity index is 1.62. The van der Waals surface area contributed by atoms with Crippen LogP contribution in [0.2, 0.25) is 0 Å². The molecule has 0 aliphatic rings. The predicted molar refractivity (Wildman–Crippen MR) is 97.1 cm³/mol. The van der Waals surface area contributed by atoms with Gasteiger partial charge in [0.05, 0.1) is 6.04 Å². The molecule has 126 valence electrons. The maximum Gasteiger partial charge on any atom is 0.179 e. The molecule has 0 radical (unpaired) electrons. The maximum atomic E-state index is 12.3. The number of ketones is 1. The molecule has 3 aromatic rings. The largest absolute Gasteiger partial charge is 0.508 e. The summed E-state index contributed by atoms with van der Waals surface area (Å²) in [6, 6.07) is 22.5. The first kappa shape index (κ1) is 16.7. The quantitative estimate of drug-likeness (QED) is 0.670. The van der Waals surface area contributed by atoms with E-state index in [0.717, 1.165) is 5.56 Å². The molecular formula is C21H19NO3. The second-order valence-electron chi connectivity index (χ2n) is 5.78. The van der Waals surface area contributed by atoms with E-state index in [-0.39, 0.29) is 11.5 Å². The van der Waals surface area contributed by atoms with Gasteiger partial charge in [0.2, 0.25) is 0 Å². The number of hydrogen-bond acceptors (Lipinski definition) is 4. The number of carbonyl (C=O) groups is 1. The van der Waals surface area contributed by atoms with Gasteiger partial charge in [0.15, 0.2) is 5.78 Å². The van der Waals surface area contributed by atoms with Gasteiger partial charge in [-0.3, -0.25) is 4.79 Å². The smallest absolute Gasteiger partial charge is 0.179 e. The molecule has 0 heterocycles. The third kappa shape index (κ3) is 4.46. The molecule has 0 bridgehead atoms. The van der Waals surface area contributed by atoms with Gasteiger partial charge in [-0.2, -0.15) is 0 Å². The Bertz CT molecular complexity index is 827. The molecule has 1 atom stereocenters. The molecule has 4 nitrogen and oxygen atoms in total. The van der Waals surface area contributed by atoms with Crippen molar-refractivity contribution in [2.24, 2.45) is 5.73 Å². The number of hydrogen-bond donors (Lipinski definition) is 2. The van der Waals surface area contributed by atoms with Gasteiger partial charge in [-0.05, 0) is 48.4 Å². The minimum atomic E-state index is -0.578. The normalized spacial score (nSPS) is 11.7. The van der Waals surface area contributed by atoms with E-state index in [2.05, 4.69) is 0 Å². The van der Waals surface area contributed by atoms with Gasteiger partial charge < -0.3 is 15.6 Å². The fraction of sp³-hybridized carbons (Fsp3) is 0.0952. The van der Waals surface area contributed by atoms with E-state index in [4.69, 9.17) is 10.5 Å². The number of phenolic OH excluding ortho intramolecular Hbond substituents is 1. The lowest BCUT2D eigenvalue weighted by Crippen LogP contribution is -2.32. The van der Waals surface area contributed by atoms with E-state index in [1.807, 2.05) is 42.5 Å². The average molecular weight is 333 g/mol. The van der Waals surface area contributed by atoms with Crippen LogP contribution in [0, 0.1) is 0 Å². The number of benzene rings is 3. The van der Waals surface area contributed by atoms with Crippen molar-refractivity contribution in [3.05, 3.63) is 90.0 Å². The number of rotatable bonds is 6. The molecule has 0 saturated carbocycles. The van der Waals surface area contributed by atoms with E-state index < -0.39 is 6.04 Å². The zero-order valence-electron chi connectivity index (χ0n) is 13.6. The summed E-state index contributed by atoms with van der Waals surface area (Å²) in [6.07, 6.45) is 0.465. The van der Waals surface area contributed by atoms with E-state index in [9.17, 15) is 9.90 Å². The van der Waals surface area contributed by atoms with Crippen LogP contribution in [0.25, 0.3) is 0 Å². The Morgan fingerprint density at radius 1 is 0.880 bits per heavy atom. The summed E-state index contributed by atoms with van der Waals surface area (Å²) in [5.74, 6) is 1.45. The Labute approximate surface area is 146 Å². The monoisotopic (exact) mass is 333 g/mol. The molecule has 3 aromatic carbocycles. The highest BCUT2D eigenvalue weighted by Gasteiger charge is 2.15. The van der Waals surface area contributed by atoms with Crippen molar-refractivity contribution in [2.75, 3.05) is 0 Å². The number of aromatic hydroxyl groups is 1. The first-order chi connectivity index (χ1) is 12.1. The highest BCUT2D eigenvalue weighted by molar-refractivity contribution is 6.00. The summed E-state index contributed by atoms with van der Waals surface area (Å²) in [4.78, 5) is 12.3. The van der Waals surface area contributed by atoms with Crippen molar-refractivity contribution in [1.82, 2.24) is 0 Å². The topological polar surface area (TPSA) is 72.6 Å². The van der Waals surface area contributed by atoms with Crippen molar-refractivity contribution in [3.8, 4) is 17.2 Å². The molecular weight excluding hydrogens is 314 g/mol. The lowest BCUT2D eigenvalue weighted by Gasteiger charge is -2.11. The van der Waals surface area contributed by atoms with Crippen LogP contribution in [0.5, 0.6) is 17.2 Å². The van der Waals surface area contributed by atoms with Gasteiger partial charge in [0.25, 0.3) is 0 Å². The highest BCUT2D eigenvalue weighted by atomic mass is 16.5. The lowest BCUT2D eigenvalue weighted by molar-refractivity contribution is 0.0961. The maximum absolute atomic E-state index is 12.3. The molecule has 0 aliphatic carbocycles. The van der Waals surface area contributed by atoms with E-state index >= 15 is 0 Å². The van der Waals surface area contributed by atoms with Crippen molar-refractivity contribution in [1.29, 1.82) is 0 Å². The van der Waals surface area contributed by atoms with Crippen LogP contribution in [-0.2, 0) is 6.42 Å². The van der Waals surface area contributed by atoms with Crippen LogP contribution < -0.4 is 10.5 Å². The van der Waals surface area contributed by atoms with Gasteiger partial charge in [0.1, 0.15) is 17.2 Å². The zero-order valence-corrected chi connectivity index (χ0v) is 13.6. The summed E-state index contributed by atoms with van der Waals surface area (Å²) in [5, 5.41) is 9.28. The zero-order chi connectivity index (χ0) is 17.6. The third-order valence-corrected chi connectivity index (χ3v) is 3.85. The molecule has 0 spiro atoms. The number of phenols is 1. The summed E-state index contributed by atoms with van der Waals surface area (Å²) >= 11 is 0. The standard InChI is InChI=1S/C21H19NO3/c22-20(21(24)16-4-2-1-3-5-16)14-15-6-10-18(11-7-15)25-19-12-8-17(23)9-13-19/h1-13,20,23H,14,22H2/t20-/m0/s1. The summed E-state index contributed by atoms with van der Waals surface area (Å²) in [7, 11) is 0. The molecule has 0 amide bonds. The lowest BCUT2D eigenvalue weighted by atomic mass is 9.98. The second-order valence-corrected chi connectivity index (χ2v) is 5.78. The van der Waals surface area contributed by atoms with E-state index in [1.54, 1.807) is 36.4 Å². The van der Waals surface area contributed by atoms with Crippen molar-refractivity contribution >= 4 is 5.78 Å². The van der Waals surface area contributed by atoms with Crippen molar-refractivity contribution in [2.45, 2.75) is 12.5 Å². The molecule has 0 unspecified atom stereocenters. The Morgan fingerprint density at radius 3 is 2.04 bits per heavy atom. The number of carbonyl (C=O) groups excluding carboxylic acids is 1. The van der Waals surface area contributed by atoms with Crippen LogP contribution in [0.1, 0.15) is 15.9 Å². The molecule has 25 heavy (non-hydrogen) atoms. The Hall–Kier alpha value is -3.11. The van der Waals surface area contributed by atoms with Crippen molar-refractivity contribution < 1.29 is 14.6 Å². The van der Waals surface area contributed by atoms with Gasteiger partial charge in [-0.1, -0.05) is 42.5 Å². The third-order valence-electron chi connectivity index (χ3n) is 3.85. The fourth-order valence-electron chi connectivity index (χ4n) is 2.51. The average Bonchev–Trinajstić information content (AvgIpc) is 2.65. The molecule has 0 fully saturated rings. The first-order valence-corrected chi connectivity index (χ1v) is 8.02. The molecule has 0 aromatic heterocycles. The molecule has 3 rings (SSSR count). The fourth-order valence-corrected chi connectivity index (χ4v) is 2.51. The van der Waals surface area contributed by atoms with E-state index in [1.165, 1.54) is 0 Å². The molecule has 4 heteroatoms. The van der Waals surface area contributed by atoms with E-state index in [0.29, 0.717) is 23.5 Å². The summed E-state index contributed by atoms with van der Waals surface area (Å²) < 4.78 is 5.70. The minimum Gasteiger partial charge on any atom is -0.508 e. The van der Waals surface area contributed by atoms with Crippen LogP contribution in [0.3, 0.4) is 0 Å².